The van der Waals surface area contributed by atoms with Gasteiger partial charge < -0.3 is 31.1 Å². The Morgan fingerprint density at radius 1 is 1.06 bits per heavy atom. The lowest BCUT2D eigenvalue weighted by Gasteiger charge is -2.39. The minimum atomic E-state index is -1.02. The van der Waals surface area contributed by atoms with Crippen LogP contribution in [0.25, 0.3) is 5.76 Å². The number of allylic oxidation sites excluding steroid dienone is 1. The molecule has 192 valence electrons. The SMILES string of the molecule is CCCCN(CCCC)c1ccc(O)c2c1C(C)C1=C(O)c3cc(O)c(C(N)=O)c(O)c3CC1C2=O. The van der Waals surface area contributed by atoms with Crippen LogP contribution in [0.1, 0.15) is 89.8 Å². The summed E-state index contributed by atoms with van der Waals surface area (Å²) in [5.74, 6) is -4.03. The fraction of sp³-hybridized carbons (Fsp3) is 0.429. The molecule has 1 amide bonds. The number of unbranched alkanes of at least 4 members (excludes halogenated alkanes) is 2. The average molecular weight is 495 g/mol. The number of anilines is 1. The molecule has 2 aromatic rings. The quantitative estimate of drug-likeness (QED) is 0.356. The van der Waals surface area contributed by atoms with Gasteiger partial charge in [0.1, 0.15) is 28.6 Å². The number of Topliss-reactive ketones (excluding diaryl/α,β-unsaturated/α-hetero) is 1. The van der Waals surface area contributed by atoms with Crippen molar-refractivity contribution in [3.8, 4) is 17.2 Å². The van der Waals surface area contributed by atoms with Crippen molar-refractivity contribution in [1.82, 2.24) is 0 Å². The van der Waals surface area contributed by atoms with Crippen molar-refractivity contribution < 1.29 is 30.0 Å². The number of amides is 1. The van der Waals surface area contributed by atoms with Gasteiger partial charge in [-0.1, -0.05) is 33.6 Å². The number of phenolic OH excluding ortho intramolecular Hbond substituents is 1. The molecule has 0 aromatic heterocycles. The molecule has 0 saturated heterocycles. The number of aliphatic hydroxyl groups is 1. The van der Waals surface area contributed by atoms with Gasteiger partial charge in [0.25, 0.3) is 5.91 Å². The second kappa shape index (κ2) is 9.76. The van der Waals surface area contributed by atoms with Gasteiger partial charge in [-0.2, -0.15) is 0 Å². The highest BCUT2D eigenvalue weighted by Gasteiger charge is 2.45. The van der Waals surface area contributed by atoms with Gasteiger partial charge in [0.15, 0.2) is 5.78 Å². The first-order valence-corrected chi connectivity index (χ1v) is 12.6. The number of hydrogen-bond donors (Lipinski definition) is 5. The van der Waals surface area contributed by atoms with Crippen LogP contribution in [-0.4, -0.2) is 45.2 Å². The third-order valence-electron chi connectivity index (χ3n) is 7.51. The van der Waals surface area contributed by atoms with E-state index in [1.807, 2.05) is 13.0 Å². The second-order valence-corrected chi connectivity index (χ2v) is 9.74. The lowest BCUT2D eigenvalue weighted by molar-refractivity contribution is 0.0921. The molecule has 2 aliphatic carbocycles. The third kappa shape index (κ3) is 3.94. The molecular weight excluding hydrogens is 460 g/mol. The number of fused-ring (bicyclic) bond motifs is 3. The molecule has 2 atom stereocenters. The van der Waals surface area contributed by atoms with E-state index in [2.05, 4.69) is 18.7 Å². The monoisotopic (exact) mass is 494 g/mol. The van der Waals surface area contributed by atoms with Crippen LogP contribution >= 0.6 is 0 Å². The van der Waals surface area contributed by atoms with E-state index in [1.54, 1.807) is 6.07 Å². The molecule has 0 spiro atoms. The van der Waals surface area contributed by atoms with E-state index in [-0.39, 0.29) is 40.4 Å². The summed E-state index contributed by atoms with van der Waals surface area (Å²) >= 11 is 0. The lowest BCUT2D eigenvalue weighted by atomic mass is 9.66. The molecule has 2 unspecified atom stereocenters. The average Bonchev–Trinajstić information content (AvgIpc) is 2.83. The summed E-state index contributed by atoms with van der Waals surface area (Å²) in [6.45, 7) is 7.76. The minimum absolute atomic E-state index is 0.00276. The molecule has 4 rings (SSSR count). The van der Waals surface area contributed by atoms with Gasteiger partial charge in [-0.3, -0.25) is 9.59 Å². The van der Waals surface area contributed by atoms with Crippen LogP contribution in [0.3, 0.4) is 0 Å². The van der Waals surface area contributed by atoms with Crippen LogP contribution in [0.15, 0.2) is 23.8 Å². The predicted octanol–water partition coefficient (Wildman–Crippen LogP) is 4.75. The third-order valence-corrected chi connectivity index (χ3v) is 7.51. The van der Waals surface area contributed by atoms with Gasteiger partial charge in [0, 0.05) is 35.8 Å². The summed E-state index contributed by atoms with van der Waals surface area (Å²) in [7, 11) is 0. The fourth-order valence-electron chi connectivity index (χ4n) is 5.68. The van der Waals surface area contributed by atoms with Crippen LogP contribution in [0, 0.1) is 5.92 Å². The van der Waals surface area contributed by atoms with Crippen LogP contribution < -0.4 is 10.6 Å². The van der Waals surface area contributed by atoms with Crippen molar-refractivity contribution in [2.75, 3.05) is 18.0 Å². The molecule has 0 bridgehead atoms. The van der Waals surface area contributed by atoms with Crippen molar-refractivity contribution >= 4 is 23.1 Å². The van der Waals surface area contributed by atoms with Gasteiger partial charge >= 0.3 is 0 Å². The maximum atomic E-state index is 13.8. The smallest absolute Gasteiger partial charge is 0.256 e. The summed E-state index contributed by atoms with van der Waals surface area (Å²) < 4.78 is 0. The Morgan fingerprint density at radius 2 is 1.69 bits per heavy atom. The molecule has 0 aliphatic heterocycles. The second-order valence-electron chi connectivity index (χ2n) is 9.74. The number of phenols is 3. The molecule has 8 heteroatoms. The van der Waals surface area contributed by atoms with Crippen LogP contribution in [0.2, 0.25) is 0 Å². The van der Waals surface area contributed by atoms with Gasteiger partial charge in [-0.15, -0.1) is 0 Å². The summed E-state index contributed by atoms with van der Waals surface area (Å²) in [6.07, 6.45) is 3.99. The van der Waals surface area contributed by atoms with Crippen LogP contribution in [0.5, 0.6) is 17.2 Å². The predicted molar refractivity (Wildman–Crippen MR) is 138 cm³/mol. The Kier molecular flexibility index (Phi) is 6.89. The van der Waals surface area contributed by atoms with E-state index in [1.165, 1.54) is 6.07 Å². The van der Waals surface area contributed by atoms with E-state index in [9.17, 15) is 30.0 Å². The number of aliphatic hydroxyl groups excluding tert-OH is 1. The number of nitrogens with two attached hydrogens (primary N) is 1. The summed E-state index contributed by atoms with van der Waals surface area (Å²) in [5.41, 5.74) is 7.46. The topological polar surface area (TPSA) is 144 Å². The minimum Gasteiger partial charge on any atom is -0.507 e. The molecule has 2 aliphatic rings. The zero-order valence-corrected chi connectivity index (χ0v) is 21.0. The van der Waals surface area contributed by atoms with Crippen molar-refractivity contribution in [3.05, 3.63) is 51.6 Å². The summed E-state index contributed by atoms with van der Waals surface area (Å²) in [6, 6.07) is 4.60. The molecule has 2 aromatic carbocycles. The number of primary amides is 1. The van der Waals surface area contributed by atoms with Crippen LogP contribution in [-0.2, 0) is 6.42 Å². The number of nitrogens with zero attached hydrogens (tertiary/aromatic N) is 1. The molecular formula is C28H34N2O6. The van der Waals surface area contributed by atoms with E-state index in [0.717, 1.165) is 44.5 Å². The molecule has 36 heavy (non-hydrogen) atoms. The Balaban J connectivity index is 1.93. The highest BCUT2D eigenvalue weighted by Crippen LogP contribution is 2.53. The highest BCUT2D eigenvalue weighted by molar-refractivity contribution is 6.09. The molecule has 0 fully saturated rings. The largest absolute Gasteiger partial charge is 0.507 e. The molecule has 6 N–H and O–H groups in total. The van der Waals surface area contributed by atoms with E-state index >= 15 is 0 Å². The number of benzene rings is 2. The number of hydrogen-bond acceptors (Lipinski definition) is 7. The van der Waals surface area contributed by atoms with Crippen molar-refractivity contribution in [1.29, 1.82) is 0 Å². The Labute approximate surface area is 210 Å². The highest BCUT2D eigenvalue weighted by atomic mass is 16.3. The first kappa shape index (κ1) is 25.4. The summed E-state index contributed by atoms with van der Waals surface area (Å²) in [5, 5.41) is 43.2. The van der Waals surface area contributed by atoms with E-state index < -0.39 is 34.8 Å². The number of rotatable bonds is 8. The zero-order valence-electron chi connectivity index (χ0n) is 21.0. The number of carbonyl (C=O) groups excluding carboxylic acids is 2. The maximum Gasteiger partial charge on any atom is 0.256 e. The molecule has 0 saturated carbocycles. The Hall–Kier alpha value is -3.68. The number of carbonyl (C=O) groups is 2. The first-order chi connectivity index (χ1) is 17.1. The van der Waals surface area contributed by atoms with Crippen LogP contribution in [0.4, 0.5) is 5.69 Å². The van der Waals surface area contributed by atoms with Gasteiger partial charge in [0.05, 0.1) is 11.5 Å². The standard InChI is InChI=1S/C28H34N2O6/c1-4-6-10-30(11-7-5-2)18-8-9-19(31)23-22(18)14(3)21-17(27(23)35)12-15-16(25(21)33)13-20(32)24(26(15)34)28(29)36/h8-9,13-14,17,31-34H,4-7,10-12H2,1-3H3,(H2,29,36). The molecule has 8 nitrogen and oxygen atoms in total. The first-order valence-electron chi connectivity index (χ1n) is 12.6. The van der Waals surface area contributed by atoms with Gasteiger partial charge in [-0.05, 0) is 48.6 Å². The summed E-state index contributed by atoms with van der Waals surface area (Å²) in [4.78, 5) is 27.9. The van der Waals surface area contributed by atoms with Gasteiger partial charge in [-0.25, -0.2) is 0 Å². The number of aromatic hydroxyl groups is 3. The van der Waals surface area contributed by atoms with Crippen molar-refractivity contribution in [2.45, 2.75) is 58.8 Å². The Bertz CT molecular complexity index is 1260. The van der Waals surface area contributed by atoms with Gasteiger partial charge in [0.2, 0.25) is 0 Å². The number of ketones is 1. The lowest BCUT2D eigenvalue weighted by Crippen LogP contribution is -2.35. The Morgan fingerprint density at radius 3 is 2.28 bits per heavy atom. The molecule has 0 radical (unpaired) electrons. The van der Waals surface area contributed by atoms with E-state index in [0.29, 0.717) is 11.1 Å². The fourth-order valence-corrected chi connectivity index (χ4v) is 5.68. The maximum absolute atomic E-state index is 13.8. The van der Waals surface area contributed by atoms with Crippen molar-refractivity contribution in [2.24, 2.45) is 11.7 Å². The van der Waals surface area contributed by atoms with Crippen molar-refractivity contribution in [3.63, 3.8) is 0 Å². The molecule has 0 heterocycles. The van der Waals surface area contributed by atoms with E-state index in [4.69, 9.17) is 5.73 Å². The normalized spacial score (nSPS) is 18.5. The zero-order chi connectivity index (χ0) is 26.3.